The molecule has 0 unspecified atom stereocenters. The fourth-order valence-electron chi connectivity index (χ4n) is 4.04. The lowest BCUT2D eigenvalue weighted by Crippen LogP contribution is -2.41. The Hall–Kier alpha value is -2.53. The zero-order chi connectivity index (χ0) is 20.0. The Morgan fingerprint density at radius 1 is 1.04 bits per heavy atom. The summed E-state index contributed by atoms with van der Waals surface area (Å²) in [6.45, 7) is 5.14. The summed E-state index contributed by atoms with van der Waals surface area (Å²) in [5.74, 6) is 1.34. The average molecular weight is 383 g/mol. The van der Waals surface area contributed by atoms with E-state index in [4.69, 9.17) is 9.47 Å². The molecule has 1 fully saturated rings. The summed E-state index contributed by atoms with van der Waals surface area (Å²) in [4.78, 5) is 16.0. The molecule has 0 aliphatic carbocycles. The van der Waals surface area contributed by atoms with E-state index in [1.54, 1.807) is 20.3 Å². The molecular formula is C23H30N2O3. The molecule has 1 atom stereocenters. The molecule has 5 heteroatoms. The Labute approximate surface area is 167 Å². The van der Waals surface area contributed by atoms with E-state index in [1.165, 1.54) is 0 Å². The Balaban J connectivity index is 1.94. The molecule has 2 aromatic carbocycles. The smallest absolute Gasteiger partial charge is 0.235 e. The molecule has 1 N–H and O–H groups in total. The lowest BCUT2D eigenvalue weighted by molar-refractivity contribution is -0.122. The van der Waals surface area contributed by atoms with Gasteiger partial charge in [0.15, 0.2) is 0 Å². The Morgan fingerprint density at radius 2 is 1.71 bits per heavy atom. The maximum Gasteiger partial charge on any atom is 0.235 e. The number of methoxy groups -OCH3 is 2. The number of likely N-dealkylation sites (tertiary alicyclic amines) is 1. The third kappa shape index (κ3) is 4.30. The normalized spacial score (nSPS) is 20.2. The van der Waals surface area contributed by atoms with Gasteiger partial charge in [0.2, 0.25) is 5.91 Å². The molecule has 150 valence electrons. The SMILES string of the molecule is CCN1CCC[C@@](C(=O)Nc2cc(OC)cc(OC)c2)(c2ccccc2)CC1. The molecule has 1 saturated heterocycles. The Kier molecular flexibility index (Phi) is 6.57. The van der Waals surface area contributed by atoms with E-state index in [1.807, 2.05) is 30.3 Å². The van der Waals surface area contributed by atoms with Gasteiger partial charge in [-0.1, -0.05) is 37.3 Å². The van der Waals surface area contributed by atoms with Crippen molar-refractivity contribution in [1.29, 1.82) is 0 Å². The molecular weight excluding hydrogens is 352 g/mol. The van der Waals surface area contributed by atoms with E-state index >= 15 is 0 Å². The predicted octanol–water partition coefficient (Wildman–Crippen LogP) is 4.09. The minimum absolute atomic E-state index is 0.0342. The molecule has 0 spiro atoms. The molecule has 28 heavy (non-hydrogen) atoms. The molecule has 5 nitrogen and oxygen atoms in total. The maximum absolute atomic E-state index is 13.6. The van der Waals surface area contributed by atoms with E-state index in [0.717, 1.165) is 44.5 Å². The largest absolute Gasteiger partial charge is 0.497 e. The van der Waals surface area contributed by atoms with Crippen molar-refractivity contribution in [2.45, 2.75) is 31.6 Å². The standard InChI is InChI=1S/C23H30N2O3/c1-4-25-13-8-11-23(12-14-25,18-9-6-5-7-10-18)22(26)24-19-15-20(27-2)17-21(16-19)28-3/h5-7,9-10,15-17H,4,8,11-14H2,1-3H3,(H,24,26)/t23-/m0/s1. The first-order valence-corrected chi connectivity index (χ1v) is 9.93. The second-order valence-corrected chi connectivity index (χ2v) is 7.29. The van der Waals surface area contributed by atoms with Gasteiger partial charge in [-0.25, -0.2) is 0 Å². The van der Waals surface area contributed by atoms with Crippen molar-refractivity contribution < 1.29 is 14.3 Å². The van der Waals surface area contributed by atoms with Gasteiger partial charge in [0.25, 0.3) is 0 Å². The van der Waals surface area contributed by atoms with Gasteiger partial charge in [-0.15, -0.1) is 0 Å². The van der Waals surface area contributed by atoms with Gasteiger partial charge in [-0.05, 0) is 44.5 Å². The number of carbonyl (C=O) groups excluding carboxylic acids is 1. The van der Waals surface area contributed by atoms with Crippen molar-refractivity contribution >= 4 is 11.6 Å². The summed E-state index contributed by atoms with van der Waals surface area (Å²) < 4.78 is 10.7. The van der Waals surface area contributed by atoms with Crippen LogP contribution in [0.1, 0.15) is 31.7 Å². The van der Waals surface area contributed by atoms with Crippen LogP contribution in [0.15, 0.2) is 48.5 Å². The van der Waals surface area contributed by atoms with Crippen LogP contribution in [0.4, 0.5) is 5.69 Å². The van der Waals surface area contributed by atoms with Crippen molar-refractivity contribution in [3.05, 3.63) is 54.1 Å². The molecule has 0 saturated carbocycles. The first-order valence-electron chi connectivity index (χ1n) is 9.93. The highest BCUT2D eigenvalue weighted by molar-refractivity contribution is 5.99. The average Bonchev–Trinajstić information content (AvgIpc) is 2.97. The quantitative estimate of drug-likeness (QED) is 0.818. The van der Waals surface area contributed by atoms with Crippen molar-refractivity contribution in [2.24, 2.45) is 0 Å². The van der Waals surface area contributed by atoms with Crippen molar-refractivity contribution in [2.75, 3.05) is 39.2 Å². The molecule has 0 aromatic heterocycles. The molecule has 0 bridgehead atoms. The third-order valence-electron chi connectivity index (χ3n) is 5.75. The summed E-state index contributed by atoms with van der Waals surface area (Å²) >= 11 is 0. The van der Waals surface area contributed by atoms with E-state index < -0.39 is 5.41 Å². The number of nitrogens with zero attached hydrogens (tertiary/aromatic N) is 1. The maximum atomic E-state index is 13.6. The second kappa shape index (κ2) is 9.11. The fraction of sp³-hybridized carbons (Fsp3) is 0.435. The van der Waals surface area contributed by atoms with Gasteiger partial charge in [0, 0.05) is 23.9 Å². The summed E-state index contributed by atoms with van der Waals surface area (Å²) in [5, 5.41) is 3.14. The molecule has 1 aliphatic rings. The number of hydrogen-bond acceptors (Lipinski definition) is 4. The van der Waals surface area contributed by atoms with Crippen LogP contribution < -0.4 is 14.8 Å². The van der Waals surface area contributed by atoms with Crippen LogP contribution >= 0.6 is 0 Å². The van der Waals surface area contributed by atoms with Crippen LogP contribution in [-0.4, -0.2) is 44.7 Å². The summed E-state index contributed by atoms with van der Waals surface area (Å²) in [6, 6.07) is 15.6. The van der Waals surface area contributed by atoms with Crippen molar-refractivity contribution in [3.63, 3.8) is 0 Å². The van der Waals surface area contributed by atoms with Crippen LogP contribution in [0.5, 0.6) is 11.5 Å². The first kappa shape index (κ1) is 20.2. The van der Waals surface area contributed by atoms with Crippen LogP contribution in [0.2, 0.25) is 0 Å². The van der Waals surface area contributed by atoms with Crippen molar-refractivity contribution in [1.82, 2.24) is 4.90 Å². The van der Waals surface area contributed by atoms with Gasteiger partial charge in [-0.3, -0.25) is 4.79 Å². The van der Waals surface area contributed by atoms with E-state index in [0.29, 0.717) is 17.2 Å². The molecule has 1 aliphatic heterocycles. The monoisotopic (exact) mass is 382 g/mol. The number of anilines is 1. The second-order valence-electron chi connectivity index (χ2n) is 7.29. The number of amides is 1. The molecule has 2 aromatic rings. The molecule has 0 radical (unpaired) electrons. The van der Waals surface area contributed by atoms with Gasteiger partial charge in [0.1, 0.15) is 11.5 Å². The van der Waals surface area contributed by atoms with E-state index in [9.17, 15) is 4.79 Å². The highest BCUT2D eigenvalue weighted by atomic mass is 16.5. The van der Waals surface area contributed by atoms with Crippen LogP contribution in [0, 0.1) is 0 Å². The summed E-state index contributed by atoms with van der Waals surface area (Å²) in [6.07, 6.45) is 2.63. The topological polar surface area (TPSA) is 50.8 Å². The van der Waals surface area contributed by atoms with Gasteiger partial charge < -0.3 is 19.7 Å². The Morgan fingerprint density at radius 3 is 2.32 bits per heavy atom. The van der Waals surface area contributed by atoms with E-state index in [2.05, 4.69) is 29.3 Å². The highest BCUT2D eigenvalue weighted by Gasteiger charge is 2.41. The molecule has 3 rings (SSSR count). The van der Waals surface area contributed by atoms with E-state index in [-0.39, 0.29) is 5.91 Å². The summed E-state index contributed by atoms with van der Waals surface area (Å²) in [5.41, 5.74) is 1.23. The number of hydrogen-bond donors (Lipinski definition) is 1. The van der Waals surface area contributed by atoms with Crippen molar-refractivity contribution in [3.8, 4) is 11.5 Å². The first-order chi connectivity index (χ1) is 13.6. The van der Waals surface area contributed by atoms with Crippen LogP contribution in [-0.2, 0) is 10.2 Å². The number of rotatable bonds is 6. The highest BCUT2D eigenvalue weighted by Crippen LogP contribution is 2.37. The molecule has 1 amide bonds. The number of carbonyl (C=O) groups is 1. The fourth-order valence-corrected chi connectivity index (χ4v) is 4.04. The lowest BCUT2D eigenvalue weighted by Gasteiger charge is -2.32. The van der Waals surface area contributed by atoms with Crippen LogP contribution in [0.3, 0.4) is 0 Å². The minimum atomic E-state index is -0.540. The Bertz CT molecular complexity index is 771. The number of ether oxygens (including phenoxy) is 2. The third-order valence-corrected chi connectivity index (χ3v) is 5.75. The zero-order valence-electron chi connectivity index (χ0n) is 17.0. The zero-order valence-corrected chi connectivity index (χ0v) is 17.0. The predicted molar refractivity (Wildman–Crippen MR) is 112 cm³/mol. The lowest BCUT2D eigenvalue weighted by atomic mass is 9.73. The van der Waals surface area contributed by atoms with Gasteiger partial charge >= 0.3 is 0 Å². The van der Waals surface area contributed by atoms with Gasteiger partial charge in [0.05, 0.1) is 19.6 Å². The van der Waals surface area contributed by atoms with Crippen LogP contribution in [0.25, 0.3) is 0 Å². The number of benzene rings is 2. The minimum Gasteiger partial charge on any atom is -0.497 e. The number of nitrogens with one attached hydrogen (secondary N) is 1. The summed E-state index contributed by atoms with van der Waals surface area (Å²) in [7, 11) is 3.22. The van der Waals surface area contributed by atoms with Gasteiger partial charge in [-0.2, -0.15) is 0 Å². The molecule has 1 heterocycles.